The molecule has 5 nitrogen and oxygen atoms in total. The molecule has 2 N–H and O–H groups in total. The summed E-state index contributed by atoms with van der Waals surface area (Å²) in [4.78, 5) is 27.8. The molecule has 2 aliphatic rings. The lowest BCUT2D eigenvalue weighted by atomic mass is 9.86. The van der Waals surface area contributed by atoms with Crippen molar-refractivity contribution in [2.24, 2.45) is 11.8 Å². The molecule has 1 aromatic rings. The zero-order chi connectivity index (χ0) is 23.1. The Morgan fingerprint density at radius 1 is 1.22 bits per heavy atom. The molecule has 0 spiro atoms. The average molecular weight is 499 g/mol. The van der Waals surface area contributed by atoms with E-state index in [0.29, 0.717) is 17.3 Å². The third-order valence-electron chi connectivity index (χ3n) is 6.60. The molecule has 3 atom stereocenters. The van der Waals surface area contributed by atoms with Gasteiger partial charge in [0.2, 0.25) is 5.91 Å². The molecule has 1 aliphatic heterocycles. The lowest BCUT2D eigenvalue weighted by Gasteiger charge is -2.37. The fourth-order valence-corrected chi connectivity index (χ4v) is 6.37. The van der Waals surface area contributed by atoms with Crippen LogP contribution in [0.4, 0.5) is 0 Å². The minimum atomic E-state index is -0.137. The van der Waals surface area contributed by atoms with Crippen molar-refractivity contribution in [3.8, 4) is 0 Å². The van der Waals surface area contributed by atoms with Gasteiger partial charge in [-0.2, -0.15) is 0 Å². The standard InChI is InChI=1S/C24H33Cl2N3O2S/c1-16-18(7-10-27)14-22(32-16)23(30)28-11-3-2-4-17-8-12-29(13-9-17)24(31)20-6-5-19(25)15-21(20)26/h7,10,14,17,19-21,27H,1-6,8-9,11-13,15H2,(H,28,30)/b18-7-,27-10?. The van der Waals surface area contributed by atoms with Crippen LogP contribution in [-0.2, 0) is 4.79 Å². The second kappa shape index (κ2) is 12.2. The summed E-state index contributed by atoms with van der Waals surface area (Å²) in [6, 6.07) is 1.79. The molecule has 176 valence electrons. The van der Waals surface area contributed by atoms with E-state index >= 15 is 0 Å². The number of unbranched alkanes of at least 4 members (excludes halogenated alkanes) is 1. The molecule has 8 heteroatoms. The summed E-state index contributed by atoms with van der Waals surface area (Å²) >= 11 is 14.0. The highest BCUT2D eigenvalue weighted by atomic mass is 35.5. The van der Waals surface area contributed by atoms with Gasteiger partial charge >= 0.3 is 0 Å². The first-order valence-corrected chi connectivity index (χ1v) is 13.2. The van der Waals surface area contributed by atoms with Crippen LogP contribution in [0.25, 0.3) is 12.7 Å². The Bertz CT molecular complexity index is 911. The maximum Gasteiger partial charge on any atom is 0.261 e. The molecular weight excluding hydrogens is 465 g/mol. The number of nitrogens with one attached hydrogen (secondary N) is 2. The first-order valence-electron chi connectivity index (χ1n) is 11.5. The third-order valence-corrected chi connectivity index (χ3v) is 8.49. The number of rotatable bonds is 8. The van der Waals surface area contributed by atoms with Crippen LogP contribution in [0, 0.1) is 17.2 Å². The van der Waals surface area contributed by atoms with Gasteiger partial charge in [-0.3, -0.25) is 9.59 Å². The monoisotopic (exact) mass is 497 g/mol. The van der Waals surface area contributed by atoms with Crippen LogP contribution >= 0.6 is 34.5 Å². The van der Waals surface area contributed by atoms with E-state index in [4.69, 9.17) is 28.6 Å². The Kier molecular flexibility index (Phi) is 9.62. The maximum atomic E-state index is 12.9. The SMILES string of the molecule is C=c1sc(C(=O)NCCCCC2CCN(C(=O)C3CCC(Cl)CC3Cl)CC2)c/c1=C/C=N. The van der Waals surface area contributed by atoms with E-state index in [9.17, 15) is 9.59 Å². The predicted octanol–water partition coefficient (Wildman–Crippen LogP) is 3.74. The topological polar surface area (TPSA) is 73.3 Å². The van der Waals surface area contributed by atoms with E-state index < -0.39 is 0 Å². The van der Waals surface area contributed by atoms with Gasteiger partial charge in [-0.25, -0.2) is 0 Å². The fourth-order valence-electron chi connectivity index (χ4n) is 4.66. The molecule has 0 bridgehead atoms. The van der Waals surface area contributed by atoms with E-state index in [0.717, 1.165) is 74.2 Å². The lowest BCUT2D eigenvalue weighted by Crippen LogP contribution is -2.45. The minimum Gasteiger partial charge on any atom is -0.351 e. The fraction of sp³-hybridized carbons (Fsp3) is 0.625. The van der Waals surface area contributed by atoms with Crippen molar-refractivity contribution in [1.29, 1.82) is 5.41 Å². The molecule has 3 rings (SSSR count). The van der Waals surface area contributed by atoms with Gasteiger partial charge < -0.3 is 15.6 Å². The van der Waals surface area contributed by atoms with Gasteiger partial charge in [-0.1, -0.05) is 19.4 Å². The highest BCUT2D eigenvalue weighted by molar-refractivity contribution is 7.11. The number of hydrogen-bond donors (Lipinski definition) is 2. The Morgan fingerprint density at radius 3 is 2.66 bits per heavy atom. The van der Waals surface area contributed by atoms with Gasteiger partial charge in [0.05, 0.1) is 10.8 Å². The average Bonchev–Trinajstić information content (AvgIpc) is 3.14. The maximum absolute atomic E-state index is 12.9. The molecule has 0 aromatic carbocycles. The number of halogens is 2. The Balaban J connectivity index is 1.32. The first kappa shape index (κ1) is 25.3. The van der Waals surface area contributed by atoms with Gasteiger partial charge in [0.15, 0.2) is 0 Å². The molecule has 3 unspecified atom stereocenters. The molecule has 1 aliphatic carbocycles. The normalized spacial score (nSPS) is 25.0. The lowest BCUT2D eigenvalue weighted by molar-refractivity contribution is -0.137. The van der Waals surface area contributed by atoms with Crippen molar-refractivity contribution in [2.45, 2.75) is 62.1 Å². The summed E-state index contributed by atoms with van der Waals surface area (Å²) in [6.07, 6.45) is 10.5. The summed E-state index contributed by atoms with van der Waals surface area (Å²) in [5, 5.41) is 10.9. The Labute approximate surface area is 204 Å². The van der Waals surface area contributed by atoms with Gasteiger partial charge in [-0.05, 0) is 61.8 Å². The van der Waals surface area contributed by atoms with Crippen LogP contribution in [0.1, 0.15) is 61.0 Å². The van der Waals surface area contributed by atoms with Gasteiger partial charge in [0.25, 0.3) is 5.91 Å². The summed E-state index contributed by atoms with van der Waals surface area (Å²) in [6.45, 7) is 6.23. The summed E-state index contributed by atoms with van der Waals surface area (Å²) in [5.41, 5.74) is 0. The largest absolute Gasteiger partial charge is 0.351 e. The van der Waals surface area contributed by atoms with Crippen molar-refractivity contribution in [3.63, 3.8) is 0 Å². The van der Waals surface area contributed by atoms with Gasteiger partial charge in [0, 0.05) is 41.1 Å². The number of carbonyl (C=O) groups is 2. The van der Waals surface area contributed by atoms with Crippen molar-refractivity contribution in [2.75, 3.05) is 19.6 Å². The molecule has 32 heavy (non-hydrogen) atoms. The van der Waals surface area contributed by atoms with E-state index in [1.807, 2.05) is 4.90 Å². The number of nitrogens with zero attached hydrogens (tertiary/aromatic N) is 1. The Morgan fingerprint density at radius 2 is 1.97 bits per heavy atom. The second-order valence-electron chi connectivity index (χ2n) is 8.88. The molecule has 1 saturated heterocycles. The van der Waals surface area contributed by atoms with E-state index in [-0.39, 0.29) is 28.5 Å². The minimum absolute atomic E-state index is 0.0721. The number of hydrogen-bond acceptors (Lipinski definition) is 4. The number of alkyl halides is 2. The van der Waals surface area contributed by atoms with Gasteiger partial charge in [-0.15, -0.1) is 34.5 Å². The number of carbonyl (C=O) groups excluding carboxylic acids is 2. The van der Waals surface area contributed by atoms with Crippen LogP contribution in [0.5, 0.6) is 0 Å². The van der Waals surface area contributed by atoms with Crippen molar-refractivity contribution >= 4 is 65.2 Å². The molecule has 0 radical (unpaired) electrons. The third kappa shape index (κ3) is 6.82. The zero-order valence-corrected chi connectivity index (χ0v) is 20.8. The number of amides is 2. The molecule has 1 aromatic heterocycles. The number of likely N-dealkylation sites (tertiary alicyclic amines) is 1. The summed E-state index contributed by atoms with van der Waals surface area (Å²) < 4.78 is 0.803. The highest BCUT2D eigenvalue weighted by Crippen LogP contribution is 2.34. The summed E-state index contributed by atoms with van der Waals surface area (Å²) in [5.74, 6) is 0.714. The van der Waals surface area contributed by atoms with Crippen molar-refractivity contribution < 1.29 is 9.59 Å². The highest BCUT2D eigenvalue weighted by Gasteiger charge is 2.36. The van der Waals surface area contributed by atoms with Crippen LogP contribution in [0.15, 0.2) is 6.07 Å². The number of piperidine rings is 1. The van der Waals surface area contributed by atoms with Crippen LogP contribution in [-0.4, -0.2) is 53.3 Å². The quantitative estimate of drug-likeness (QED) is 0.326. The van der Waals surface area contributed by atoms with E-state index in [1.54, 1.807) is 12.1 Å². The molecule has 1 saturated carbocycles. The zero-order valence-electron chi connectivity index (χ0n) is 18.5. The first-order chi connectivity index (χ1) is 15.4. The van der Waals surface area contributed by atoms with Gasteiger partial charge in [0.1, 0.15) is 0 Å². The molecular formula is C24H33Cl2N3O2S. The molecule has 2 heterocycles. The molecule has 2 fully saturated rings. The van der Waals surface area contributed by atoms with Crippen LogP contribution < -0.4 is 15.1 Å². The predicted molar refractivity (Wildman–Crippen MR) is 134 cm³/mol. The van der Waals surface area contributed by atoms with Crippen molar-refractivity contribution in [3.05, 3.63) is 20.7 Å². The summed E-state index contributed by atoms with van der Waals surface area (Å²) in [7, 11) is 0. The van der Waals surface area contributed by atoms with Crippen LogP contribution in [0.3, 0.4) is 0 Å². The molecule has 2 amide bonds. The smallest absolute Gasteiger partial charge is 0.261 e. The van der Waals surface area contributed by atoms with Crippen LogP contribution in [0.2, 0.25) is 0 Å². The van der Waals surface area contributed by atoms with Crippen molar-refractivity contribution in [1.82, 2.24) is 10.2 Å². The van der Waals surface area contributed by atoms with E-state index in [2.05, 4.69) is 11.9 Å². The number of thiophene rings is 1. The second-order valence-corrected chi connectivity index (χ2v) is 11.2. The Hall–Kier alpha value is -1.37. The van der Waals surface area contributed by atoms with E-state index in [1.165, 1.54) is 17.6 Å².